The predicted octanol–water partition coefficient (Wildman–Crippen LogP) is 4.17. The van der Waals surface area contributed by atoms with E-state index < -0.39 is 0 Å². The number of hydrogen-bond acceptors (Lipinski definition) is 1. The Morgan fingerprint density at radius 2 is 2.00 bits per heavy atom. The lowest BCUT2D eigenvalue weighted by Gasteiger charge is -2.05. The minimum absolute atomic E-state index is 0.0141. The smallest absolute Gasteiger partial charge is 0.251 e. The minimum Gasteiger partial charge on any atom is -0.352 e. The molecule has 0 fully saturated rings. The highest BCUT2D eigenvalue weighted by Crippen LogP contribution is 2.11. The summed E-state index contributed by atoms with van der Waals surface area (Å²) in [4.78, 5) is 11.8. The SMILES string of the molecule is O=C(NCCCCCCI)c1cccc(Br)c1. The fourth-order valence-corrected chi connectivity index (χ4v) is 2.45. The maximum atomic E-state index is 11.8. The molecule has 2 nitrogen and oxygen atoms in total. The van der Waals surface area contributed by atoms with Crippen molar-refractivity contribution < 1.29 is 4.79 Å². The van der Waals surface area contributed by atoms with E-state index in [-0.39, 0.29) is 5.91 Å². The lowest BCUT2D eigenvalue weighted by atomic mass is 10.2. The summed E-state index contributed by atoms with van der Waals surface area (Å²) in [6, 6.07) is 7.46. The number of nitrogens with one attached hydrogen (secondary N) is 1. The van der Waals surface area contributed by atoms with Crippen molar-refractivity contribution in [3.8, 4) is 0 Å². The minimum atomic E-state index is 0.0141. The molecule has 1 N–H and O–H groups in total. The number of unbranched alkanes of at least 4 members (excludes halogenated alkanes) is 3. The van der Waals surface area contributed by atoms with Gasteiger partial charge in [-0.3, -0.25) is 4.79 Å². The van der Waals surface area contributed by atoms with Crippen LogP contribution in [0.5, 0.6) is 0 Å². The van der Waals surface area contributed by atoms with E-state index in [9.17, 15) is 4.79 Å². The summed E-state index contributed by atoms with van der Waals surface area (Å²) in [6.07, 6.45) is 4.80. The number of hydrogen-bond donors (Lipinski definition) is 1. The first kappa shape index (κ1) is 15.0. The monoisotopic (exact) mass is 409 g/mol. The molecular weight excluding hydrogens is 393 g/mol. The fraction of sp³-hybridized carbons (Fsp3) is 0.462. The number of carbonyl (C=O) groups excluding carboxylic acids is 1. The molecule has 0 heterocycles. The zero-order valence-corrected chi connectivity index (χ0v) is 13.5. The molecule has 1 aromatic rings. The molecule has 0 aromatic heterocycles. The van der Waals surface area contributed by atoms with Crippen molar-refractivity contribution in [2.75, 3.05) is 11.0 Å². The van der Waals surface area contributed by atoms with Crippen LogP contribution in [0.25, 0.3) is 0 Å². The molecule has 1 aromatic carbocycles. The van der Waals surface area contributed by atoms with E-state index in [2.05, 4.69) is 43.8 Å². The Morgan fingerprint density at radius 1 is 1.24 bits per heavy atom. The second-order valence-corrected chi connectivity index (χ2v) is 5.86. The highest BCUT2D eigenvalue weighted by Gasteiger charge is 2.04. The van der Waals surface area contributed by atoms with Crippen molar-refractivity contribution in [2.45, 2.75) is 25.7 Å². The Balaban J connectivity index is 2.21. The maximum Gasteiger partial charge on any atom is 0.251 e. The first-order valence-corrected chi connectivity index (χ1v) is 8.15. The molecular formula is C13H17BrINO. The van der Waals surface area contributed by atoms with Gasteiger partial charge in [0.25, 0.3) is 5.91 Å². The lowest BCUT2D eigenvalue weighted by Crippen LogP contribution is -2.24. The van der Waals surface area contributed by atoms with Crippen molar-refractivity contribution in [3.63, 3.8) is 0 Å². The number of carbonyl (C=O) groups is 1. The van der Waals surface area contributed by atoms with E-state index >= 15 is 0 Å². The van der Waals surface area contributed by atoms with Gasteiger partial charge in [-0.2, -0.15) is 0 Å². The van der Waals surface area contributed by atoms with Gasteiger partial charge < -0.3 is 5.32 Å². The number of amides is 1. The van der Waals surface area contributed by atoms with E-state index in [1.807, 2.05) is 24.3 Å². The fourth-order valence-electron chi connectivity index (χ4n) is 1.51. The van der Waals surface area contributed by atoms with E-state index in [1.54, 1.807) is 0 Å². The first-order valence-electron chi connectivity index (χ1n) is 5.84. The molecule has 0 aliphatic carbocycles. The molecule has 94 valence electrons. The molecule has 0 unspecified atom stereocenters. The van der Waals surface area contributed by atoms with Crippen LogP contribution in [0, 0.1) is 0 Å². The van der Waals surface area contributed by atoms with Crippen LogP contribution in [0.15, 0.2) is 28.7 Å². The molecule has 0 aliphatic heterocycles. The Bertz CT molecular complexity index is 357. The van der Waals surface area contributed by atoms with Crippen LogP contribution in [0.4, 0.5) is 0 Å². The summed E-state index contributed by atoms with van der Waals surface area (Å²) >= 11 is 5.76. The van der Waals surface area contributed by atoms with Gasteiger partial charge in [0, 0.05) is 16.6 Å². The van der Waals surface area contributed by atoms with Crippen LogP contribution >= 0.6 is 38.5 Å². The molecule has 0 saturated heterocycles. The summed E-state index contributed by atoms with van der Waals surface area (Å²) in [6.45, 7) is 0.770. The quantitative estimate of drug-likeness (QED) is 0.408. The van der Waals surface area contributed by atoms with Gasteiger partial charge in [0.05, 0.1) is 0 Å². The van der Waals surface area contributed by atoms with Gasteiger partial charge in [-0.25, -0.2) is 0 Å². The normalized spacial score (nSPS) is 10.2. The largest absolute Gasteiger partial charge is 0.352 e. The highest BCUT2D eigenvalue weighted by molar-refractivity contribution is 14.1. The molecule has 0 saturated carbocycles. The molecule has 4 heteroatoms. The number of rotatable bonds is 7. The van der Waals surface area contributed by atoms with Gasteiger partial charge in [-0.05, 0) is 35.5 Å². The summed E-state index contributed by atoms with van der Waals surface area (Å²) in [5, 5.41) is 2.94. The zero-order chi connectivity index (χ0) is 12.5. The maximum absolute atomic E-state index is 11.8. The van der Waals surface area contributed by atoms with Crippen molar-refractivity contribution >= 4 is 44.4 Å². The molecule has 0 bridgehead atoms. The second-order valence-electron chi connectivity index (χ2n) is 3.87. The first-order chi connectivity index (χ1) is 8.24. The average Bonchev–Trinajstić information content (AvgIpc) is 2.33. The van der Waals surface area contributed by atoms with Crippen molar-refractivity contribution in [3.05, 3.63) is 34.3 Å². The van der Waals surface area contributed by atoms with Gasteiger partial charge >= 0.3 is 0 Å². The zero-order valence-electron chi connectivity index (χ0n) is 9.72. The van der Waals surface area contributed by atoms with E-state index in [0.29, 0.717) is 5.56 Å². The molecule has 1 amide bonds. The van der Waals surface area contributed by atoms with Gasteiger partial charge in [0.1, 0.15) is 0 Å². The molecule has 0 atom stereocenters. The van der Waals surface area contributed by atoms with Gasteiger partial charge in [-0.1, -0.05) is 57.4 Å². The summed E-state index contributed by atoms with van der Waals surface area (Å²) < 4.78 is 2.16. The molecule has 0 spiro atoms. The second kappa shape index (κ2) is 8.91. The van der Waals surface area contributed by atoms with E-state index in [1.165, 1.54) is 23.7 Å². The van der Waals surface area contributed by atoms with Crippen LogP contribution in [0.3, 0.4) is 0 Å². The number of alkyl halides is 1. The standard InChI is InChI=1S/C13H17BrINO/c14-12-7-5-6-11(10-12)13(17)16-9-4-2-1-3-8-15/h5-7,10H,1-4,8-9H2,(H,16,17). The van der Waals surface area contributed by atoms with Gasteiger partial charge in [0.15, 0.2) is 0 Å². The summed E-state index contributed by atoms with van der Waals surface area (Å²) in [7, 11) is 0. The Morgan fingerprint density at radius 3 is 2.71 bits per heavy atom. The van der Waals surface area contributed by atoms with Crippen LogP contribution in [-0.4, -0.2) is 16.9 Å². The van der Waals surface area contributed by atoms with Crippen LogP contribution in [0.2, 0.25) is 0 Å². The van der Waals surface area contributed by atoms with Gasteiger partial charge in [0.2, 0.25) is 0 Å². The van der Waals surface area contributed by atoms with Crippen molar-refractivity contribution in [2.24, 2.45) is 0 Å². The number of halogens is 2. The van der Waals surface area contributed by atoms with Crippen LogP contribution < -0.4 is 5.32 Å². The lowest BCUT2D eigenvalue weighted by molar-refractivity contribution is 0.0953. The third kappa shape index (κ3) is 6.41. The summed E-state index contributed by atoms with van der Waals surface area (Å²) in [5.41, 5.74) is 0.714. The molecule has 0 aliphatic rings. The third-order valence-electron chi connectivity index (χ3n) is 2.43. The summed E-state index contributed by atoms with van der Waals surface area (Å²) in [5.74, 6) is 0.0141. The topological polar surface area (TPSA) is 29.1 Å². The highest BCUT2D eigenvalue weighted by atomic mass is 127. The van der Waals surface area contributed by atoms with E-state index in [4.69, 9.17) is 0 Å². The van der Waals surface area contributed by atoms with Gasteiger partial charge in [-0.15, -0.1) is 0 Å². The molecule has 17 heavy (non-hydrogen) atoms. The molecule has 0 radical (unpaired) electrons. The Kier molecular flexibility index (Phi) is 7.84. The number of benzene rings is 1. The Hall–Kier alpha value is -0.100. The Labute approximate surface area is 125 Å². The average molecular weight is 410 g/mol. The molecule has 1 rings (SSSR count). The van der Waals surface area contributed by atoms with E-state index in [0.717, 1.165) is 17.4 Å². The van der Waals surface area contributed by atoms with Crippen LogP contribution in [-0.2, 0) is 0 Å². The van der Waals surface area contributed by atoms with Crippen molar-refractivity contribution in [1.82, 2.24) is 5.32 Å². The van der Waals surface area contributed by atoms with Crippen molar-refractivity contribution in [1.29, 1.82) is 0 Å². The predicted molar refractivity (Wildman–Crippen MR) is 83.8 cm³/mol. The third-order valence-corrected chi connectivity index (χ3v) is 3.69. The van der Waals surface area contributed by atoms with Crippen LogP contribution in [0.1, 0.15) is 36.0 Å².